The fourth-order valence-corrected chi connectivity index (χ4v) is 5.67. The Balaban J connectivity index is 2.69. The smallest absolute Gasteiger partial charge is 0.364 e. The van der Waals surface area contributed by atoms with Gasteiger partial charge in [-0.05, 0) is 19.3 Å². The molecule has 1 heterocycles. The summed E-state index contributed by atoms with van der Waals surface area (Å²) in [6.07, 6.45) is 4.72. The standard InChI is InChI=1S/C8H14N2O7P2/c11-8(18(12,13)14,19(15,16)17)7(2-1-3-7)10-5-4-9-6-10/h4-6,11H,1-3H2,(H4,12,13,14,15,16,17)/p+1. The molecule has 0 amide bonds. The molecule has 108 valence electrons. The molecule has 0 bridgehead atoms. The highest BCUT2D eigenvalue weighted by atomic mass is 31.2. The van der Waals surface area contributed by atoms with Gasteiger partial charge in [-0.25, -0.2) is 4.57 Å². The van der Waals surface area contributed by atoms with E-state index in [2.05, 4.69) is 4.98 Å². The Labute approximate surface area is 108 Å². The van der Waals surface area contributed by atoms with Crippen molar-refractivity contribution >= 4 is 15.2 Å². The molecule has 1 aromatic rings. The van der Waals surface area contributed by atoms with Crippen LogP contribution in [0.15, 0.2) is 18.7 Å². The molecule has 9 nitrogen and oxygen atoms in total. The molecule has 0 spiro atoms. The zero-order valence-electron chi connectivity index (χ0n) is 9.75. The number of hydrogen-bond donors (Lipinski definition) is 6. The molecule has 0 aliphatic heterocycles. The van der Waals surface area contributed by atoms with Crippen LogP contribution in [0.1, 0.15) is 19.3 Å². The topological polar surface area (TPSA) is 155 Å². The third-order valence-corrected chi connectivity index (χ3v) is 7.68. The lowest BCUT2D eigenvalue weighted by atomic mass is 9.76. The molecule has 1 aromatic heterocycles. The summed E-state index contributed by atoms with van der Waals surface area (Å²) in [5, 5.41) is 6.83. The zero-order valence-corrected chi connectivity index (χ0v) is 11.5. The monoisotopic (exact) mass is 313 g/mol. The Morgan fingerprint density at radius 2 is 1.68 bits per heavy atom. The van der Waals surface area contributed by atoms with Gasteiger partial charge in [-0.2, -0.15) is 0 Å². The molecular weight excluding hydrogens is 298 g/mol. The molecular formula is C8H15N2O7P2+. The zero-order chi connectivity index (χ0) is 14.5. The van der Waals surface area contributed by atoms with Gasteiger partial charge in [0.15, 0.2) is 5.54 Å². The minimum Gasteiger partial charge on any atom is -0.364 e. The van der Waals surface area contributed by atoms with Crippen molar-refractivity contribution in [2.45, 2.75) is 29.9 Å². The number of H-pyrrole nitrogens is 1. The molecule has 0 atom stereocenters. The molecule has 19 heavy (non-hydrogen) atoms. The maximum Gasteiger partial charge on any atom is 0.374 e. The second kappa shape index (κ2) is 4.23. The van der Waals surface area contributed by atoms with Crippen LogP contribution in [0, 0.1) is 0 Å². The first-order chi connectivity index (χ1) is 8.56. The normalized spacial score (nSPS) is 20.1. The molecule has 0 radical (unpaired) electrons. The van der Waals surface area contributed by atoms with Crippen LogP contribution in [0.25, 0.3) is 0 Å². The van der Waals surface area contributed by atoms with Crippen LogP contribution in [-0.4, -0.2) is 34.7 Å². The van der Waals surface area contributed by atoms with E-state index in [1.807, 2.05) is 0 Å². The molecule has 1 aliphatic rings. The van der Waals surface area contributed by atoms with Crippen molar-refractivity contribution in [1.29, 1.82) is 0 Å². The molecule has 0 unspecified atom stereocenters. The molecule has 6 N–H and O–H groups in total. The van der Waals surface area contributed by atoms with Gasteiger partial charge in [0.25, 0.3) is 0 Å². The molecule has 1 aliphatic carbocycles. The molecule has 1 saturated carbocycles. The summed E-state index contributed by atoms with van der Waals surface area (Å²) in [5.74, 6) is 0. The van der Waals surface area contributed by atoms with Crippen LogP contribution < -0.4 is 4.57 Å². The number of hydrogen-bond acceptors (Lipinski definition) is 3. The lowest BCUT2D eigenvalue weighted by molar-refractivity contribution is -0.784. The second-order valence-electron chi connectivity index (χ2n) is 4.63. The SMILES string of the molecule is O=P(O)(O)C(O)(C1([n+]2cc[nH]c2)CCC1)P(=O)(O)O. The lowest BCUT2D eigenvalue weighted by Gasteiger charge is -2.48. The maximum absolute atomic E-state index is 11.6. The number of nitrogens with one attached hydrogen (secondary N) is 1. The van der Waals surface area contributed by atoms with E-state index in [1.54, 1.807) is 0 Å². The summed E-state index contributed by atoms with van der Waals surface area (Å²) in [7, 11) is -11.0. The van der Waals surface area contributed by atoms with Crippen LogP contribution in [-0.2, 0) is 14.7 Å². The summed E-state index contributed by atoms with van der Waals surface area (Å²) >= 11 is 0. The van der Waals surface area contributed by atoms with E-state index in [0.717, 1.165) is 0 Å². The van der Waals surface area contributed by atoms with E-state index in [4.69, 9.17) is 0 Å². The number of aromatic amines is 1. The Kier molecular flexibility index (Phi) is 3.31. The van der Waals surface area contributed by atoms with Crippen molar-refractivity contribution in [1.82, 2.24) is 4.98 Å². The van der Waals surface area contributed by atoms with E-state index in [0.29, 0.717) is 6.42 Å². The van der Waals surface area contributed by atoms with Crippen molar-refractivity contribution in [3.8, 4) is 0 Å². The predicted molar refractivity (Wildman–Crippen MR) is 61.9 cm³/mol. The van der Waals surface area contributed by atoms with Crippen molar-refractivity contribution in [2.75, 3.05) is 0 Å². The van der Waals surface area contributed by atoms with Crippen molar-refractivity contribution in [3.05, 3.63) is 18.7 Å². The minimum atomic E-state index is -5.48. The lowest BCUT2D eigenvalue weighted by Crippen LogP contribution is -2.71. The Hall–Kier alpha value is -0.530. The average Bonchev–Trinajstić information content (AvgIpc) is 2.65. The minimum absolute atomic E-state index is 0.0578. The summed E-state index contributed by atoms with van der Waals surface area (Å²) in [6, 6.07) is 0. The van der Waals surface area contributed by atoms with Gasteiger partial charge in [-0.3, -0.25) is 14.1 Å². The van der Waals surface area contributed by atoms with Crippen LogP contribution in [0.4, 0.5) is 0 Å². The summed E-state index contributed by atoms with van der Waals surface area (Å²) < 4.78 is 24.3. The largest absolute Gasteiger partial charge is 0.374 e. The van der Waals surface area contributed by atoms with Crippen molar-refractivity contribution < 1.29 is 38.4 Å². The van der Waals surface area contributed by atoms with E-state index in [-0.39, 0.29) is 12.8 Å². The Morgan fingerprint density at radius 1 is 1.16 bits per heavy atom. The third-order valence-electron chi connectivity index (χ3n) is 3.66. The average molecular weight is 313 g/mol. The van der Waals surface area contributed by atoms with Gasteiger partial charge in [-0.1, -0.05) is 0 Å². The quantitative estimate of drug-likeness (QED) is 0.313. The number of aromatic nitrogens is 2. The second-order valence-corrected chi connectivity index (χ2v) is 8.45. The van der Waals surface area contributed by atoms with Gasteiger partial charge in [0.1, 0.15) is 12.4 Å². The number of aliphatic hydroxyl groups is 1. The highest BCUT2D eigenvalue weighted by molar-refractivity contribution is 7.72. The highest BCUT2D eigenvalue weighted by Gasteiger charge is 2.76. The number of imidazole rings is 1. The van der Waals surface area contributed by atoms with Gasteiger partial charge >= 0.3 is 20.3 Å². The summed E-state index contributed by atoms with van der Waals surface area (Å²) in [4.78, 5) is 39.9. The van der Waals surface area contributed by atoms with Crippen molar-refractivity contribution in [2.24, 2.45) is 0 Å². The van der Waals surface area contributed by atoms with Gasteiger partial charge in [-0.15, -0.1) is 0 Å². The van der Waals surface area contributed by atoms with Gasteiger partial charge in [0, 0.05) is 0 Å². The molecule has 0 aromatic carbocycles. The molecule has 0 saturated heterocycles. The van der Waals surface area contributed by atoms with Crippen LogP contribution in [0.3, 0.4) is 0 Å². The summed E-state index contributed by atoms with van der Waals surface area (Å²) in [5.41, 5.74) is -1.72. The highest BCUT2D eigenvalue weighted by Crippen LogP contribution is 2.75. The van der Waals surface area contributed by atoms with Gasteiger partial charge in [0.05, 0.1) is 0 Å². The first-order valence-electron chi connectivity index (χ1n) is 5.44. The predicted octanol–water partition coefficient (Wildman–Crippen LogP) is -0.817. The van der Waals surface area contributed by atoms with Gasteiger partial charge in [0.2, 0.25) is 6.33 Å². The Morgan fingerprint density at radius 3 is 1.95 bits per heavy atom. The number of rotatable bonds is 4. The fraction of sp³-hybridized carbons (Fsp3) is 0.625. The van der Waals surface area contributed by atoms with E-state index in [9.17, 15) is 33.8 Å². The third kappa shape index (κ3) is 1.86. The first-order valence-corrected chi connectivity index (χ1v) is 8.67. The molecule has 2 rings (SSSR count). The van der Waals surface area contributed by atoms with Crippen LogP contribution in [0.5, 0.6) is 0 Å². The fourth-order valence-electron chi connectivity index (χ4n) is 2.55. The van der Waals surface area contributed by atoms with Crippen LogP contribution in [0.2, 0.25) is 0 Å². The van der Waals surface area contributed by atoms with E-state index >= 15 is 0 Å². The summed E-state index contributed by atoms with van der Waals surface area (Å²) in [6.45, 7) is 0. The van der Waals surface area contributed by atoms with Crippen molar-refractivity contribution in [3.63, 3.8) is 0 Å². The first kappa shape index (κ1) is 14.9. The molecule has 11 heteroatoms. The maximum atomic E-state index is 11.6. The van der Waals surface area contributed by atoms with E-state index in [1.165, 1.54) is 23.3 Å². The molecule has 1 fully saturated rings. The van der Waals surface area contributed by atoms with Crippen LogP contribution >= 0.6 is 15.2 Å². The number of nitrogens with zero attached hydrogens (tertiary/aromatic N) is 1. The van der Waals surface area contributed by atoms with Gasteiger partial charge < -0.3 is 24.7 Å². The van der Waals surface area contributed by atoms with E-state index < -0.39 is 25.8 Å². The Bertz CT molecular complexity index is 534.